The molecule has 0 N–H and O–H groups in total. The lowest BCUT2D eigenvalue weighted by atomic mass is 10.1. The van der Waals surface area contributed by atoms with Crippen LogP contribution in [0.2, 0.25) is 0 Å². The Labute approximate surface area is 175 Å². The first-order chi connectivity index (χ1) is 14.3. The highest BCUT2D eigenvalue weighted by Crippen LogP contribution is 2.33. The molecule has 4 rings (SSSR count). The van der Waals surface area contributed by atoms with Gasteiger partial charge in [-0.3, -0.25) is 4.18 Å². The van der Waals surface area contributed by atoms with Crippen LogP contribution in [0, 0.1) is 0 Å². The molecule has 0 saturated heterocycles. The maximum Gasteiger partial charge on any atom is 0.297 e. The molecule has 0 aliphatic carbocycles. The molecule has 3 aromatic carbocycles. The molecular weight excluding hydrogens is 422 g/mol. The maximum absolute atomic E-state index is 13.2. The van der Waals surface area contributed by atoms with E-state index in [0.29, 0.717) is 16.5 Å². The molecule has 1 unspecified atom stereocenters. The Morgan fingerprint density at radius 3 is 1.90 bits per heavy atom. The molecule has 1 aromatic heterocycles. The summed E-state index contributed by atoms with van der Waals surface area (Å²) in [5.41, 5.74) is 0.911. The minimum Gasteiger partial charge on any atom is -0.258 e. The summed E-state index contributed by atoms with van der Waals surface area (Å²) in [5, 5.41) is 0.604. The molecule has 4 aromatic rings. The molecule has 0 aliphatic rings. The van der Waals surface area contributed by atoms with Gasteiger partial charge in [0.15, 0.2) is 0 Å². The lowest BCUT2D eigenvalue weighted by Crippen LogP contribution is -2.12. The number of para-hydroxylation sites is 1. The zero-order valence-electron chi connectivity index (χ0n) is 16.0. The first-order valence-corrected chi connectivity index (χ1v) is 12.0. The fraction of sp³-hybridized carbons (Fsp3) is 0.0909. The molecule has 0 bridgehead atoms. The number of hydrogen-bond acceptors (Lipinski definition) is 5. The van der Waals surface area contributed by atoms with Gasteiger partial charge in [-0.05, 0) is 37.3 Å². The zero-order valence-corrected chi connectivity index (χ0v) is 17.7. The van der Waals surface area contributed by atoms with Gasteiger partial charge in [0.2, 0.25) is 0 Å². The Hall–Kier alpha value is -2.94. The summed E-state index contributed by atoms with van der Waals surface area (Å²) in [6.07, 6.45) is 0.533. The Morgan fingerprint density at radius 1 is 0.733 bits per heavy atom. The smallest absolute Gasteiger partial charge is 0.258 e. The fourth-order valence-electron chi connectivity index (χ4n) is 3.29. The van der Waals surface area contributed by atoms with E-state index >= 15 is 0 Å². The number of nitrogens with zero attached hydrogens (tertiary/aromatic N) is 1. The van der Waals surface area contributed by atoms with Gasteiger partial charge in [0, 0.05) is 17.1 Å². The molecule has 1 heterocycles. The second kappa shape index (κ2) is 7.71. The number of rotatable bonds is 6. The predicted octanol–water partition coefficient (Wildman–Crippen LogP) is 4.34. The SMILES string of the molecule is CC(OS(=O)(=O)c1ccccc1)c1cn(S(=O)(=O)c2ccccc2)c2ccccc12. The highest BCUT2D eigenvalue weighted by Gasteiger charge is 2.26. The van der Waals surface area contributed by atoms with Crippen LogP contribution in [0.25, 0.3) is 10.9 Å². The summed E-state index contributed by atoms with van der Waals surface area (Å²) >= 11 is 0. The van der Waals surface area contributed by atoms with Crippen molar-refractivity contribution in [3.05, 3.63) is 96.7 Å². The van der Waals surface area contributed by atoms with E-state index in [2.05, 4.69) is 0 Å². The molecule has 0 spiro atoms. The molecule has 0 saturated carbocycles. The van der Waals surface area contributed by atoms with E-state index in [1.54, 1.807) is 67.6 Å². The molecule has 0 fully saturated rings. The van der Waals surface area contributed by atoms with Crippen molar-refractivity contribution in [1.82, 2.24) is 3.97 Å². The maximum atomic E-state index is 13.2. The van der Waals surface area contributed by atoms with Gasteiger partial charge in [-0.1, -0.05) is 54.6 Å². The van der Waals surface area contributed by atoms with Gasteiger partial charge < -0.3 is 0 Å². The van der Waals surface area contributed by atoms with Crippen molar-refractivity contribution >= 4 is 31.0 Å². The molecule has 1 atom stereocenters. The molecular formula is C22H19NO5S2. The third-order valence-electron chi connectivity index (χ3n) is 4.75. The topological polar surface area (TPSA) is 82.4 Å². The highest BCUT2D eigenvalue weighted by atomic mass is 32.2. The minimum atomic E-state index is -4.01. The fourth-order valence-corrected chi connectivity index (χ4v) is 5.77. The van der Waals surface area contributed by atoms with Crippen molar-refractivity contribution in [2.45, 2.75) is 22.8 Å². The third kappa shape index (κ3) is 3.65. The molecule has 154 valence electrons. The first-order valence-electron chi connectivity index (χ1n) is 9.20. The molecule has 30 heavy (non-hydrogen) atoms. The molecule has 0 amide bonds. The molecule has 6 nitrogen and oxygen atoms in total. The van der Waals surface area contributed by atoms with Crippen LogP contribution in [0.5, 0.6) is 0 Å². The summed E-state index contributed by atoms with van der Waals surface area (Å²) in [6, 6.07) is 22.8. The van der Waals surface area contributed by atoms with Gasteiger partial charge >= 0.3 is 0 Å². The van der Waals surface area contributed by atoms with Crippen molar-refractivity contribution in [2.24, 2.45) is 0 Å². The Morgan fingerprint density at radius 2 is 1.27 bits per heavy atom. The van der Waals surface area contributed by atoms with Gasteiger partial charge in [0.1, 0.15) is 6.10 Å². The van der Waals surface area contributed by atoms with Crippen molar-refractivity contribution in [3.63, 3.8) is 0 Å². The van der Waals surface area contributed by atoms with E-state index in [1.165, 1.54) is 34.4 Å². The van der Waals surface area contributed by atoms with Crippen LogP contribution in [-0.2, 0) is 24.3 Å². The normalized spacial score (nSPS) is 13.4. The Bertz CT molecular complexity index is 1390. The van der Waals surface area contributed by atoms with E-state index in [-0.39, 0.29) is 9.79 Å². The summed E-state index contributed by atoms with van der Waals surface area (Å²) in [7, 11) is -7.88. The third-order valence-corrected chi connectivity index (χ3v) is 7.83. The quantitative estimate of drug-likeness (QED) is 0.416. The lowest BCUT2D eigenvalue weighted by Gasteiger charge is -2.12. The summed E-state index contributed by atoms with van der Waals surface area (Å²) in [4.78, 5) is 0.181. The second-order valence-corrected chi connectivity index (χ2v) is 10.1. The van der Waals surface area contributed by atoms with E-state index < -0.39 is 26.2 Å². The molecule has 8 heteroatoms. The minimum absolute atomic E-state index is 0.0393. The Balaban J connectivity index is 1.80. The average Bonchev–Trinajstić information content (AvgIpc) is 3.15. The van der Waals surface area contributed by atoms with Gasteiger partial charge in [-0.2, -0.15) is 8.42 Å². The number of hydrogen-bond donors (Lipinski definition) is 0. The van der Waals surface area contributed by atoms with Gasteiger partial charge in [0.05, 0.1) is 15.3 Å². The van der Waals surface area contributed by atoms with E-state index in [0.717, 1.165) is 0 Å². The number of aromatic nitrogens is 1. The van der Waals surface area contributed by atoms with Crippen LogP contribution < -0.4 is 0 Å². The number of benzene rings is 3. The standard InChI is InChI=1S/C22H19NO5S2/c1-17(28-30(26,27)19-12-6-3-7-13-19)21-16-23(22-15-9-8-14-20(21)22)29(24,25)18-10-4-2-5-11-18/h2-17H,1H3. The largest absolute Gasteiger partial charge is 0.297 e. The van der Waals surface area contributed by atoms with E-state index in [4.69, 9.17) is 4.18 Å². The van der Waals surface area contributed by atoms with Crippen molar-refractivity contribution in [2.75, 3.05) is 0 Å². The summed E-state index contributed by atoms with van der Waals surface area (Å²) < 4.78 is 58.2. The molecule has 0 aliphatic heterocycles. The van der Waals surface area contributed by atoms with Crippen LogP contribution >= 0.6 is 0 Å². The van der Waals surface area contributed by atoms with E-state index in [9.17, 15) is 16.8 Å². The zero-order chi connectivity index (χ0) is 21.4. The summed E-state index contributed by atoms with van der Waals surface area (Å²) in [5.74, 6) is 0. The Kier molecular flexibility index (Phi) is 5.23. The van der Waals surface area contributed by atoms with Crippen molar-refractivity contribution in [1.29, 1.82) is 0 Å². The van der Waals surface area contributed by atoms with Crippen LogP contribution in [0.3, 0.4) is 0 Å². The highest BCUT2D eigenvalue weighted by molar-refractivity contribution is 7.90. The van der Waals surface area contributed by atoms with Gasteiger partial charge in [0.25, 0.3) is 20.1 Å². The van der Waals surface area contributed by atoms with Crippen molar-refractivity contribution < 1.29 is 21.0 Å². The summed E-state index contributed by atoms with van der Waals surface area (Å²) in [6.45, 7) is 1.59. The van der Waals surface area contributed by atoms with Crippen LogP contribution in [0.4, 0.5) is 0 Å². The van der Waals surface area contributed by atoms with E-state index in [1.807, 2.05) is 0 Å². The van der Waals surface area contributed by atoms with Crippen molar-refractivity contribution in [3.8, 4) is 0 Å². The van der Waals surface area contributed by atoms with Crippen LogP contribution in [-0.4, -0.2) is 20.8 Å². The lowest BCUT2D eigenvalue weighted by molar-refractivity contribution is 0.235. The second-order valence-electron chi connectivity index (χ2n) is 6.72. The first kappa shape index (κ1) is 20.3. The van der Waals surface area contributed by atoms with Crippen LogP contribution in [0.1, 0.15) is 18.6 Å². The average molecular weight is 442 g/mol. The predicted molar refractivity (Wildman–Crippen MR) is 114 cm³/mol. The van der Waals surface area contributed by atoms with Crippen LogP contribution in [0.15, 0.2) is 101 Å². The van der Waals surface area contributed by atoms with Gasteiger partial charge in [-0.25, -0.2) is 12.4 Å². The number of fused-ring (bicyclic) bond motifs is 1. The molecule has 0 radical (unpaired) electrons. The monoisotopic (exact) mass is 441 g/mol. The van der Waals surface area contributed by atoms with Gasteiger partial charge in [-0.15, -0.1) is 0 Å².